The molecule has 0 heterocycles. The number of urea groups is 1. The molecule has 3 N–H and O–H groups in total. The smallest absolute Gasteiger partial charge is 0.322 e. The van der Waals surface area contributed by atoms with Gasteiger partial charge in [-0.05, 0) is 53.9 Å². The lowest BCUT2D eigenvalue weighted by atomic mass is 10.1. The van der Waals surface area contributed by atoms with Crippen LogP contribution < -0.4 is 20.5 Å². The van der Waals surface area contributed by atoms with E-state index in [1.165, 1.54) is 12.1 Å². The van der Waals surface area contributed by atoms with Crippen molar-refractivity contribution in [2.24, 2.45) is 5.73 Å². The number of carbonyl (C=O) groups is 1. The summed E-state index contributed by atoms with van der Waals surface area (Å²) in [6.45, 7) is 3.17. The summed E-state index contributed by atoms with van der Waals surface area (Å²) in [4.78, 5) is 14.4. The summed E-state index contributed by atoms with van der Waals surface area (Å²) in [6, 6.07) is 19.4. The number of hydrogen-bond donors (Lipinski definition) is 2. The number of benzene rings is 3. The largest absolute Gasteiger partial charge is 0.493 e. The SMILES string of the molecule is COc1cc(CN(CCN)C(=O)Nc2ccc(F)cc2C)ccc1OCc1ccccc1.Cl. The van der Waals surface area contributed by atoms with E-state index in [2.05, 4.69) is 5.32 Å². The van der Waals surface area contributed by atoms with Crippen molar-refractivity contribution in [3.63, 3.8) is 0 Å². The lowest BCUT2D eigenvalue weighted by Gasteiger charge is -2.23. The first-order valence-corrected chi connectivity index (χ1v) is 10.4. The third-order valence-electron chi connectivity index (χ3n) is 4.95. The van der Waals surface area contributed by atoms with Crippen LogP contribution in [-0.2, 0) is 13.2 Å². The van der Waals surface area contributed by atoms with Gasteiger partial charge in [-0.15, -0.1) is 12.4 Å². The van der Waals surface area contributed by atoms with Crippen LogP contribution in [0.25, 0.3) is 0 Å². The van der Waals surface area contributed by atoms with E-state index in [1.807, 2.05) is 48.5 Å². The molecule has 0 saturated heterocycles. The van der Waals surface area contributed by atoms with Crippen molar-refractivity contribution in [3.05, 3.63) is 89.2 Å². The van der Waals surface area contributed by atoms with Gasteiger partial charge in [0.2, 0.25) is 0 Å². The van der Waals surface area contributed by atoms with Crippen LogP contribution in [0.15, 0.2) is 66.7 Å². The molecule has 0 aliphatic heterocycles. The second-order valence-corrected chi connectivity index (χ2v) is 7.36. The molecule has 176 valence electrons. The Bertz CT molecular complexity index is 1050. The number of hydrogen-bond acceptors (Lipinski definition) is 4. The molecule has 0 aliphatic rings. The second-order valence-electron chi connectivity index (χ2n) is 7.36. The average Bonchev–Trinajstić information content (AvgIpc) is 2.80. The molecule has 0 spiro atoms. The maximum absolute atomic E-state index is 13.3. The molecule has 0 radical (unpaired) electrons. The maximum atomic E-state index is 13.3. The first-order valence-electron chi connectivity index (χ1n) is 10.4. The summed E-state index contributed by atoms with van der Waals surface area (Å²) in [5.74, 6) is 0.860. The summed E-state index contributed by atoms with van der Waals surface area (Å²) < 4.78 is 24.7. The lowest BCUT2D eigenvalue weighted by molar-refractivity contribution is 0.210. The van der Waals surface area contributed by atoms with Crippen LogP contribution in [0.1, 0.15) is 16.7 Å². The molecule has 0 aromatic heterocycles. The highest BCUT2D eigenvalue weighted by Crippen LogP contribution is 2.29. The van der Waals surface area contributed by atoms with Gasteiger partial charge in [-0.1, -0.05) is 36.4 Å². The van der Waals surface area contributed by atoms with E-state index < -0.39 is 0 Å². The molecule has 33 heavy (non-hydrogen) atoms. The minimum Gasteiger partial charge on any atom is -0.493 e. The van der Waals surface area contributed by atoms with Crippen molar-refractivity contribution in [1.82, 2.24) is 4.90 Å². The van der Waals surface area contributed by atoms with Crippen molar-refractivity contribution in [1.29, 1.82) is 0 Å². The fraction of sp³-hybridized carbons (Fsp3) is 0.240. The predicted octanol–water partition coefficient (Wildman–Crippen LogP) is 5.14. The molecule has 0 atom stereocenters. The van der Waals surface area contributed by atoms with Crippen molar-refractivity contribution in [3.8, 4) is 11.5 Å². The Balaban J connectivity index is 0.00000385. The van der Waals surface area contributed by atoms with Gasteiger partial charge < -0.3 is 25.4 Å². The van der Waals surface area contributed by atoms with E-state index in [0.717, 1.165) is 11.1 Å². The summed E-state index contributed by atoms with van der Waals surface area (Å²) in [7, 11) is 1.58. The topological polar surface area (TPSA) is 76.8 Å². The van der Waals surface area contributed by atoms with Gasteiger partial charge in [-0.25, -0.2) is 9.18 Å². The number of anilines is 1. The van der Waals surface area contributed by atoms with Gasteiger partial charge in [-0.3, -0.25) is 0 Å². The number of methoxy groups -OCH3 is 1. The van der Waals surface area contributed by atoms with E-state index in [0.29, 0.717) is 49.0 Å². The minimum absolute atomic E-state index is 0. The summed E-state index contributed by atoms with van der Waals surface area (Å²) in [6.07, 6.45) is 0. The number of nitrogens with two attached hydrogens (primary N) is 1. The van der Waals surface area contributed by atoms with E-state index in [9.17, 15) is 9.18 Å². The highest BCUT2D eigenvalue weighted by Gasteiger charge is 2.16. The van der Waals surface area contributed by atoms with Crippen LogP contribution in [-0.4, -0.2) is 31.1 Å². The Morgan fingerprint density at radius 1 is 1.03 bits per heavy atom. The third kappa shape index (κ3) is 7.37. The van der Waals surface area contributed by atoms with Gasteiger partial charge in [0, 0.05) is 25.3 Å². The number of amides is 2. The zero-order chi connectivity index (χ0) is 22.9. The number of halogens is 2. The number of carbonyl (C=O) groups excluding carboxylic acids is 1. The number of aryl methyl sites for hydroxylation is 1. The van der Waals surface area contributed by atoms with Gasteiger partial charge in [0.1, 0.15) is 12.4 Å². The molecule has 0 bridgehead atoms. The van der Waals surface area contributed by atoms with Gasteiger partial charge in [0.05, 0.1) is 7.11 Å². The zero-order valence-electron chi connectivity index (χ0n) is 18.7. The summed E-state index contributed by atoms with van der Waals surface area (Å²) >= 11 is 0. The van der Waals surface area contributed by atoms with Gasteiger partial charge in [0.15, 0.2) is 11.5 Å². The molecule has 8 heteroatoms. The fourth-order valence-electron chi connectivity index (χ4n) is 3.26. The Labute approximate surface area is 199 Å². The van der Waals surface area contributed by atoms with Crippen LogP contribution >= 0.6 is 12.4 Å². The van der Waals surface area contributed by atoms with E-state index in [1.54, 1.807) is 25.0 Å². The van der Waals surface area contributed by atoms with Crippen LogP contribution in [0.3, 0.4) is 0 Å². The maximum Gasteiger partial charge on any atom is 0.322 e. The van der Waals surface area contributed by atoms with Crippen LogP contribution in [0.4, 0.5) is 14.9 Å². The highest BCUT2D eigenvalue weighted by atomic mass is 35.5. The molecule has 0 aliphatic carbocycles. The van der Waals surface area contributed by atoms with E-state index in [-0.39, 0.29) is 24.3 Å². The predicted molar refractivity (Wildman–Crippen MR) is 131 cm³/mol. The van der Waals surface area contributed by atoms with Gasteiger partial charge >= 0.3 is 6.03 Å². The average molecular weight is 474 g/mol. The van der Waals surface area contributed by atoms with Crippen LogP contribution in [0, 0.1) is 12.7 Å². The number of rotatable bonds is 9. The Hall–Kier alpha value is -3.29. The first kappa shape index (κ1) is 26.0. The monoisotopic (exact) mass is 473 g/mol. The molecule has 0 fully saturated rings. The molecule has 0 unspecified atom stereocenters. The molecule has 2 amide bonds. The van der Waals surface area contributed by atoms with Gasteiger partial charge in [0.25, 0.3) is 0 Å². The second kappa shape index (κ2) is 12.7. The van der Waals surface area contributed by atoms with Crippen LogP contribution in [0.5, 0.6) is 11.5 Å². The Morgan fingerprint density at radius 2 is 1.79 bits per heavy atom. The Morgan fingerprint density at radius 3 is 2.45 bits per heavy atom. The van der Waals surface area contributed by atoms with E-state index >= 15 is 0 Å². The number of nitrogens with zero attached hydrogens (tertiary/aromatic N) is 1. The number of nitrogens with one attached hydrogen (secondary N) is 1. The molecular weight excluding hydrogens is 445 g/mol. The quantitative estimate of drug-likeness (QED) is 0.451. The van der Waals surface area contributed by atoms with Crippen molar-refractivity contribution < 1.29 is 18.7 Å². The molecule has 3 aromatic carbocycles. The fourth-order valence-corrected chi connectivity index (χ4v) is 3.26. The molecule has 3 rings (SSSR count). The first-order chi connectivity index (χ1) is 15.5. The molecular formula is C25H29ClFN3O3. The normalized spacial score (nSPS) is 10.2. The molecule has 0 saturated carbocycles. The highest BCUT2D eigenvalue weighted by molar-refractivity contribution is 5.90. The minimum atomic E-state index is -0.346. The number of ether oxygens (including phenoxy) is 2. The third-order valence-corrected chi connectivity index (χ3v) is 4.95. The van der Waals surface area contributed by atoms with Crippen molar-refractivity contribution in [2.75, 3.05) is 25.5 Å². The standard InChI is InChI=1S/C25H28FN3O3.ClH/c1-18-14-21(26)9-10-22(18)28-25(30)29(13-12-27)16-20-8-11-23(24(15-20)31-2)32-17-19-6-4-3-5-7-19;/h3-11,14-15H,12-13,16-17,27H2,1-2H3,(H,28,30);1H. The molecule has 3 aromatic rings. The van der Waals surface area contributed by atoms with Gasteiger partial charge in [-0.2, -0.15) is 0 Å². The Kier molecular flexibility index (Phi) is 9.97. The lowest BCUT2D eigenvalue weighted by Crippen LogP contribution is -2.38. The van der Waals surface area contributed by atoms with Crippen LogP contribution in [0.2, 0.25) is 0 Å². The molecule has 6 nitrogen and oxygen atoms in total. The van der Waals surface area contributed by atoms with Crippen molar-refractivity contribution >= 4 is 24.1 Å². The zero-order valence-corrected chi connectivity index (χ0v) is 19.5. The van der Waals surface area contributed by atoms with E-state index in [4.69, 9.17) is 15.2 Å². The summed E-state index contributed by atoms with van der Waals surface area (Å²) in [5.41, 5.74) is 8.85. The van der Waals surface area contributed by atoms with Crippen molar-refractivity contribution in [2.45, 2.75) is 20.1 Å². The summed E-state index contributed by atoms with van der Waals surface area (Å²) in [5, 5.41) is 2.83.